The molecule has 0 unspecified atom stereocenters. The van der Waals surface area contributed by atoms with Gasteiger partial charge in [0.15, 0.2) is 0 Å². The summed E-state index contributed by atoms with van der Waals surface area (Å²) >= 11 is 0. The van der Waals surface area contributed by atoms with E-state index in [9.17, 15) is 9.59 Å². The highest BCUT2D eigenvalue weighted by molar-refractivity contribution is 6.14. The number of guanidine groups is 2. The average Bonchev–Trinajstić information content (AvgIpc) is 3.39. The number of hydrogen-bond acceptors (Lipinski definition) is 8. The number of carbonyl (C=O) groups excluding carboxylic acids is 2. The first-order valence-electron chi connectivity index (χ1n) is 12.3. The van der Waals surface area contributed by atoms with E-state index >= 15 is 0 Å². The maximum atomic E-state index is 12.9. The van der Waals surface area contributed by atoms with Crippen molar-refractivity contribution < 1.29 is 19.1 Å². The maximum absolute atomic E-state index is 12.9. The van der Waals surface area contributed by atoms with E-state index in [1.54, 1.807) is 50.3 Å². The van der Waals surface area contributed by atoms with Crippen molar-refractivity contribution in [2.75, 3.05) is 54.5 Å². The molecule has 2 aromatic rings. The number of benzene rings is 2. The Balaban J connectivity index is 1.27. The van der Waals surface area contributed by atoms with Crippen LogP contribution in [0.15, 0.2) is 69.9 Å². The molecule has 1 fully saturated rings. The molecule has 0 spiro atoms. The van der Waals surface area contributed by atoms with Crippen molar-refractivity contribution >= 4 is 35.9 Å². The highest BCUT2D eigenvalue weighted by Crippen LogP contribution is 2.24. The van der Waals surface area contributed by atoms with Crippen LogP contribution in [0.3, 0.4) is 0 Å². The monoisotopic (exact) mass is 514 g/mol. The molecule has 3 aliphatic heterocycles. The van der Waals surface area contributed by atoms with Gasteiger partial charge in [-0.2, -0.15) is 0 Å². The van der Waals surface area contributed by atoms with Crippen LogP contribution in [0.4, 0.5) is 0 Å². The third-order valence-electron chi connectivity index (χ3n) is 6.77. The van der Waals surface area contributed by atoms with Gasteiger partial charge in [-0.1, -0.05) is 24.3 Å². The largest absolute Gasteiger partial charge is 0.497 e. The van der Waals surface area contributed by atoms with Crippen LogP contribution in [0, 0.1) is 0 Å². The fraction of sp³-hybridized carbons (Fsp3) is 0.286. The van der Waals surface area contributed by atoms with Crippen molar-refractivity contribution in [1.82, 2.24) is 19.6 Å². The van der Waals surface area contributed by atoms with Gasteiger partial charge in [0.25, 0.3) is 11.8 Å². The molecule has 0 aromatic heterocycles. The molecule has 2 amide bonds. The number of rotatable bonds is 4. The first kappa shape index (κ1) is 25.1. The van der Waals surface area contributed by atoms with E-state index < -0.39 is 0 Å². The summed E-state index contributed by atoms with van der Waals surface area (Å²) in [6, 6.07) is 15.0. The first-order chi connectivity index (χ1) is 18.4. The Hall–Kier alpha value is -4.60. The Labute approximate surface area is 221 Å². The average molecular weight is 515 g/mol. The molecule has 10 heteroatoms. The predicted molar refractivity (Wildman–Crippen MR) is 145 cm³/mol. The van der Waals surface area contributed by atoms with E-state index in [1.807, 2.05) is 48.5 Å². The molecule has 5 rings (SSSR count). The van der Waals surface area contributed by atoms with Gasteiger partial charge in [0.2, 0.25) is 11.9 Å². The molecule has 196 valence electrons. The predicted octanol–water partition coefficient (Wildman–Crippen LogP) is 2.36. The Kier molecular flexibility index (Phi) is 6.87. The SMILES string of the molecule is COc1ccc(/C=C2\N=C(N3CCN(C4=N/C(=C\c5ccc(OC)cc5)C(=O)N4C)CC3)N(C)C2=O)cc1. The molecule has 10 nitrogen and oxygen atoms in total. The standard InChI is InChI=1S/C28H30N6O4/c1-31-25(35)23(17-19-5-9-21(37-3)10-6-19)29-27(31)33-13-15-34(16-14-33)28-30-24(26(36)32(28)2)18-20-7-11-22(38-4)12-8-20/h5-12,17-18H,13-16H2,1-4H3/b23-17-,24-18-. The Morgan fingerprint density at radius 1 is 0.632 bits per heavy atom. The molecule has 0 aliphatic carbocycles. The van der Waals surface area contributed by atoms with Crippen molar-refractivity contribution in [1.29, 1.82) is 0 Å². The summed E-state index contributed by atoms with van der Waals surface area (Å²) in [4.78, 5) is 42.4. The number of nitrogens with zero attached hydrogens (tertiary/aromatic N) is 6. The molecule has 38 heavy (non-hydrogen) atoms. The van der Waals surface area contributed by atoms with Crippen LogP contribution in [-0.2, 0) is 9.59 Å². The first-order valence-corrected chi connectivity index (χ1v) is 12.3. The summed E-state index contributed by atoms with van der Waals surface area (Å²) in [5.74, 6) is 2.49. The number of methoxy groups -OCH3 is 2. The lowest BCUT2D eigenvalue weighted by atomic mass is 10.2. The number of ether oxygens (including phenoxy) is 2. The van der Waals surface area contributed by atoms with E-state index in [1.165, 1.54) is 0 Å². The van der Waals surface area contributed by atoms with Crippen molar-refractivity contribution in [2.24, 2.45) is 9.98 Å². The fourth-order valence-electron chi connectivity index (χ4n) is 4.56. The highest BCUT2D eigenvalue weighted by atomic mass is 16.5. The normalized spacial score (nSPS) is 20.0. The molecular formula is C28H30N6O4. The summed E-state index contributed by atoms with van der Waals surface area (Å²) in [6.07, 6.45) is 3.57. The number of amides is 2. The molecule has 2 aromatic carbocycles. The lowest BCUT2D eigenvalue weighted by molar-refractivity contribution is -0.123. The minimum Gasteiger partial charge on any atom is -0.497 e. The van der Waals surface area contributed by atoms with Gasteiger partial charge in [-0.25, -0.2) is 9.98 Å². The lowest BCUT2D eigenvalue weighted by Gasteiger charge is -2.38. The minimum absolute atomic E-state index is 0.142. The maximum Gasteiger partial charge on any atom is 0.279 e. The van der Waals surface area contributed by atoms with Crippen LogP contribution in [0.5, 0.6) is 11.5 Å². The van der Waals surface area contributed by atoms with Gasteiger partial charge in [-0.3, -0.25) is 19.4 Å². The van der Waals surface area contributed by atoms with E-state index in [0.717, 1.165) is 22.6 Å². The van der Waals surface area contributed by atoms with E-state index in [4.69, 9.17) is 9.47 Å². The van der Waals surface area contributed by atoms with E-state index in [-0.39, 0.29) is 11.8 Å². The van der Waals surface area contributed by atoms with Gasteiger partial charge in [0, 0.05) is 40.3 Å². The Bertz CT molecular complexity index is 1250. The zero-order chi connectivity index (χ0) is 26.8. The highest BCUT2D eigenvalue weighted by Gasteiger charge is 2.36. The van der Waals surface area contributed by atoms with Gasteiger partial charge in [0.1, 0.15) is 22.9 Å². The molecular weight excluding hydrogens is 484 g/mol. The van der Waals surface area contributed by atoms with Crippen LogP contribution in [0.25, 0.3) is 12.2 Å². The zero-order valence-corrected chi connectivity index (χ0v) is 21.9. The second-order valence-electron chi connectivity index (χ2n) is 9.13. The van der Waals surface area contributed by atoms with Gasteiger partial charge in [-0.15, -0.1) is 0 Å². The molecule has 0 N–H and O–H groups in total. The number of carbonyl (C=O) groups is 2. The van der Waals surface area contributed by atoms with Crippen LogP contribution < -0.4 is 9.47 Å². The van der Waals surface area contributed by atoms with Gasteiger partial charge < -0.3 is 19.3 Å². The second-order valence-corrected chi connectivity index (χ2v) is 9.13. The topological polar surface area (TPSA) is 90.3 Å². The Morgan fingerprint density at radius 3 is 1.29 bits per heavy atom. The minimum atomic E-state index is -0.142. The van der Waals surface area contributed by atoms with Crippen molar-refractivity contribution in [2.45, 2.75) is 0 Å². The van der Waals surface area contributed by atoms with Crippen LogP contribution in [0.1, 0.15) is 11.1 Å². The third-order valence-corrected chi connectivity index (χ3v) is 6.77. The molecule has 3 aliphatic rings. The smallest absolute Gasteiger partial charge is 0.279 e. The quantitative estimate of drug-likeness (QED) is 0.582. The van der Waals surface area contributed by atoms with E-state index in [2.05, 4.69) is 19.8 Å². The fourth-order valence-corrected chi connectivity index (χ4v) is 4.56. The number of likely N-dealkylation sites (N-methyl/N-ethyl adjacent to an activating group) is 2. The molecule has 0 bridgehead atoms. The number of hydrogen-bond donors (Lipinski definition) is 0. The van der Waals surface area contributed by atoms with Gasteiger partial charge in [-0.05, 0) is 47.5 Å². The molecule has 1 saturated heterocycles. The molecule has 0 radical (unpaired) electrons. The molecule has 0 atom stereocenters. The third kappa shape index (κ3) is 4.84. The van der Waals surface area contributed by atoms with Gasteiger partial charge in [0.05, 0.1) is 14.2 Å². The summed E-state index contributed by atoms with van der Waals surface area (Å²) < 4.78 is 10.4. The zero-order valence-electron chi connectivity index (χ0n) is 21.9. The number of piperazine rings is 1. The second kappa shape index (κ2) is 10.4. The van der Waals surface area contributed by atoms with Crippen molar-refractivity contribution in [3.63, 3.8) is 0 Å². The summed E-state index contributed by atoms with van der Waals surface area (Å²) in [5.41, 5.74) is 2.55. The van der Waals surface area contributed by atoms with Crippen LogP contribution in [-0.4, -0.2) is 97.8 Å². The van der Waals surface area contributed by atoms with Crippen LogP contribution >= 0.6 is 0 Å². The van der Waals surface area contributed by atoms with Crippen molar-refractivity contribution in [3.05, 3.63) is 71.1 Å². The van der Waals surface area contributed by atoms with E-state index in [0.29, 0.717) is 49.5 Å². The summed E-state index contributed by atoms with van der Waals surface area (Å²) in [6.45, 7) is 2.57. The number of aliphatic imine (C=N–C) groups is 2. The lowest BCUT2D eigenvalue weighted by Crippen LogP contribution is -2.55. The summed E-state index contributed by atoms with van der Waals surface area (Å²) in [5, 5.41) is 0. The van der Waals surface area contributed by atoms with Crippen LogP contribution in [0.2, 0.25) is 0 Å². The summed E-state index contributed by atoms with van der Waals surface area (Å²) in [7, 11) is 6.72. The molecule has 0 saturated carbocycles. The Morgan fingerprint density at radius 2 is 0.974 bits per heavy atom. The van der Waals surface area contributed by atoms with Crippen molar-refractivity contribution in [3.8, 4) is 11.5 Å². The molecule has 3 heterocycles. The van der Waals surface area contributed by atoms with Gasteiger partial charge >= 0.3 is 0 Å².